The van der Waals surface area contributed by atoms with Crippen LogP contribution in [0.15, 0.2) is 24.3 Å². The number of imide groups is 1. The summed E-state index contributed by atoms with van der Waals surface area (Å²) in [6.07, 6.45) is 0.797. The first-order chi connectivity index (χ1) is 11.0. The van der Waals surface area contributed by atoms with Crippen molar-refractivity contribution in [2.75, 3.05) is 32.0 Å². The zero-order valence-electron chi connectivity index (χ0n) is 13.8. The number of anilines is 1. The van der Waals surface area contributed by atoms with Gasteiger partial charge in [-0.1, -0.05) is 25.1 Å². The predicted octanol–water partition coefficient (Wildman–Crippen LogP) is 1.10. The number of para-hydroxylation sites is 1. The monoisotopic (exact) mass is 320 g/mol. The van der Waals surface area contributed by atoms with Crippen molar-refractivity contribution in [3.05, 3.63) is 29.8 Å². The lowest BCUT2D eigenvalue weighted by Gasteiger charge is -2.20. The average molecular weight is 320 g/mol. The van der Waals surface area contributed by atoms with Crippen LogP contribution in [0.3, 0.4) is 0 Å². The van der Waals surface area contributed by atoms with E-state index in [2.05, 4.69) is 16.0 Å². The van der Waals surface area contributed by atoms with E-state index >= 15 is 0 Å². The Kier molecular flexibility index (Phi) is 7.76. The number of aryl methyl sites for hydroxylation is 1. The molecule has 23 heavy (non-hydrogen) atoms. The molecule has 3 N–H and O–H groups in total. The fraction of sp³-hybridized carbons (Fsp3) is 0.438. The number of amides is 4. The van der Waals surface area contributed by atoms with Gasteiger partial charge in [0.15, 0.2) is 0 Å². The Morgan fingerprint density at radius 1 is 1.09 bits per heavy atom. The van der Waals surface area contributed by atoms with Gasteiger partial charge >= 0.3 is 6.03 Å². The van der Waals surface area contributed by atoms with Gasteiger partial charge in [0.25, 0.3) is 0 Å². The van der Waals surface area contributed by atoms with Gasteiger partial charge in [0, 0.05) is 12.7 Å². The van der Waals surface area contributed by atoms with E-state index in [1.54, 1.807) is 4.90 Å². The third kappa shape index (κ3) is 6.92. The number of nitrogens with zero attached hydrogens (tertiary/aromatic N) is 1. The maximum atomic E-state index is 12.1. The van der Waals surface area contributed by atoms with Crippen molar-refractivity contribution in [2.45, 2.75) is 20.3 Å². The lowest BCUT2D eigenvalue weighted by Crippen LogP contribution is -2.45. The summed E-state index contributed by atoms with van der Waals surface area (Å²) in [5, 5.41) is 7.33. The van der Waals surface area contributed by atoms with Crippen LogP contribution in [-0.2, 0) is 9.59 Å². The van der Waals surface area contributed by atoms with Gasteiger partial charge in [-0.05, 0) is 31.5 Å². The first kappa shape index (κ1) is 18.6. The van der Waals surface area contributed by atoms with Crippen molar-refractivity contribution in [1.82, 2.24) is 15.5 Å². The van der Waals surface area contributed by atoms with Gasteiger partial charge in [-0.15, -0.1) is 0 Å². The van der Waals surface area contributed by atoms with E-state index in [1.807, 2.05) is 38.1 Å². The van der Waals surface area contributed by atoms with E-state index in [0.717, 1.165) is 17.7 Å². The van der Waals surface area contributed by atoms with Crippen LogP contribution in [0.25, 0.3) is 0 Å². The van der Waals surface area contributed by atoms with Gasteiger partial charge in [-0.2, -0.15) is 0 Å². The SMILES string of the molecule is CCCN(CC(=O)NC(=O)NC)CC(=O)Nc1ccccc1C. The Morgan fingerprint density at radius 2 is 1.74 bits per heavy atom. The molecule has 1 aromatic carbocycles. The molecule has 0 radical (unpaired) electrons. The number of nitrogens with one attached hydrogen (secondary N) is 3. The third-order valence-corrected chi connectivity index (χ3v) is 3.17. The molecule has 1 rings (SSSR count). The van der Waals surface area contributed by atoms with Crippen LogP contribution < -0.4 is 16.0 Å². The van der Waals surface area contributed by atoms with Crippen molar-refractivity contribution in [3.63, 3.8) is 0 Å². The van der Waals surface area contributed by atoms with E-state index < -0.39 is 11.9 Å². The van der Waals surface area contributed by atoms with E-state index in [9.17, 15) is 14.4 Å². The fourth-order valence-electron chi connectivity index (χ4n) is 2.07. The third-order valence-electron chi connectivity index (χ3n) is 3.17. The zero-order valence-corrected chi connectivity index (χ0v) is 13.8. The molecule has 0 aliphatic heterocycles. The molecule has 1 aromatic rings. The van der Waals surface area contributed by atoms with Crippen LogP contribution in [0.2, 0.25) is 0 Å². The Bertz CT molecular complexity index is 560. The maximum Gasteiger partial charge on any atom is 0.321 e. The molecule has 126 valence electrons. The number of carbonyl (C=O) groups is 3. The minimum Gasteiger partial charge on any atom is -0.341 e. The van der Waals surface area contributed by atoms with Gasteiger partial charge in [0.2, 0.25) is 11.8 Å². The Morgan fingerprint density at radius 3 is 2.35 bits per heavy atom. The molecule has 0 aromatic heterocycles. The average Bonchev–Trinajstić information content (AvgIpc) is 2.49. The highest BCUT2D eigenvalue weighted by atomic mass is 16.2. The normalized spacial score (nSPS) is 10.3. The van der Waals surface area contributed by atoms with Gasteiger partial charge in [0.05, 0.1) is 13.1 Å². The largest absolute Gasteiger partial charge is 0.341 e. The first-order valence-electron chi connectivity index (χ1n) is 7.55. The molecule has 7 nitrogen and oxygen atoms in total. The van der Waals surface area contributed by atoms with Gasteiger partial charge < -0.3 is 10.6 Å². The predicted molar refractivity (Wildman–Crippen MR) is 89.1 cm³/mol. The van der Waals surface area contributed by atoms with Crippen molar-refractivity contribution in [2.24, 2.45) is 0 Å². The lowest BCUT2D eigenvalue weighted by molar-refractivity contribution is -0.122. The number of benzene rings is 1. The number of carbonyl (C=O) groups excluding carboxylic acids is 3. The topological polar surface area (TPSA) is 90.5 Å². The minimum absolute atomic E-state index is 0.0115. The Labute approximate surface area is 136 Å². The molecule has 0 atom stereocenters. The highest BCUT2D eigenvalue weighted by Crippen LogP contribution is 2.12. The second-order valence-electron chi connectivity index (χ2n) is 5.20. The molecule has 7 heteroatoms. The minimum atomic E-state index is -0.559. The number of rotatable bonds is 7. The summed E-state index contributed by atoms with van der Waals surface area (Å²) in [6.45, 7) is 4.54. The zero-order chi connectivity index (χ0) is 17.2. The fourth-order valence-corrected chi connectivity index (χ4v) is 2.07. The van der Waals surface area contributed by atoms with Crippen molar-refractivity contribution in [1.29, 1.82) is 0 Å². The van der Waals surface area contributed by atoms with Crippen molar-refractivity contribution >= 4 is 23.5 Å². The number of hydrogen-bond acceptors (Lipinski definition) is 4. The number of urea groups is 1. The summed E-state index contributed by atoms with van der Waals surface area (Å²) in [5.41, 5.74) is 1.73. The molecule has 0 heterocycles. The van der Waals surface area contributed by atoms with Gasteiger partial charge in [0.1, 0.15) is 0 Å². The molecule has 0 spiro atoms. The maximum absolute atomic E-state index is 12.1. The van der Waals surface area contributed by atoms with Crippen LogP contribution in [0.4, 0.5) is 10.5 Å². The van der Waals surface area contributed by atoms with Crippen LogP contribution >= 0.6 is 0 Å². The van der Waals surface area contributed by atoms with Crippen LogP contribution in [0.5, 0.6) is 0 Å². The summed E-state index contributed by atoms with van der Waals surface area (Å²) < 4.78 is 0. The van der Waals surface area contributed by atoms with E-state index in [0.29, 0.717) is 6.54 Å². The van der Waals surface area contributed by atoms with Crippen LogP contribution in [0, 0.1) is 6.92 Å². The Hall–Kier alpha value is -2.41. The summed E-state index contributed by atoms with van der Waals surface area (Å²) in [6, 6.07) is 6.93. The van der Waals surface area contributed by atoms with Gasteiger partial charge in [-0.25, -0.2) is 4.79 Å². The molecule has 0 saturated heterocycles. The first-order valence-corrected chi connectivity index (χ1v) is 7.55. The van der Waals surface area contributed by atoms with E-state index in [-0.39, 0.29) is 19.0 Å². The van der Waals surface area contributed by atoms with Gasteiger partial charge in [-0.3, -0.25) is 19.8 Å². The Balaban J connectivity index is 2.57. The molecule has 0 aliphatic carbocycles. The van der Waals surface area contributed by atoms with E-state index in [1.165, 1.54) is 7.05 Å². The molecule has 4 amide bonds. The smallest absolute Gasteiger partial charge is 0.321 e. The summed E-state index contributed by atoms with van der Waals surface area (Å²) in [7, 11) is 1.43. The highest BCUT2D eigenvalue weighted by molar-refractivity contribution is 5.96. The second kappa shape index (κ2) is 9.58. The molecular weight excluding hydrogens is 296 g/mol. The molecular formula is C16H24N4O3. The summed E-state index contributed by atoms with van der Waals surface area (Å²) in [4.78, 5) is 36.7. The molecule has 0 fully saturated rings. The quantitative estimate of drug-likeness (QED) is 0.702. The van der Waals surface area contributed by atoms with Crippen LogP contribution in [-0.4, -0.2) is 49.4 Å². The number of hydrogen-bond donors (Lipinski definition) is 3. The lowest BCUT2D eigenvalue weighted by atomic mass is 10.2. The molecule has 0 bridgehead atoms. The summed E-state index contributed by atoms with van der Waals surface area (Å²) in [5.74, 6) is -0.637. The van der Waals surface area contributed by atoms with Crippen molar-refractivity contribution < 1.29 is 14.4 Å². The van der Waals surface area contributed by atoms with Crippen molar-refractivity contribution in [3.8, 4) is 0 Å². The second-order valence-corrected chi connectivity index (χ2v) is 5.20. The molecule has 0 aliphatic rings. The summed E-state index contributed by atoms with van der Waals surface area (Å²) >= 11 is 0. The van der Waals surface area contributed by atoms with E-state index in [4.69, 9.17) is 0 Å². The highest BCUT2D eigenvalue weighted by Gasteiger charge is 2.15. The van der Waals surface area contributed by atoms with Crippen LogP contribution in [0.1, 0.15) is 18.9 Å². The standard InChI is InChI=1S/C16H24N4O3/c1-4-9-20(11-15(22)19-16(23)17-3)10-14(21)18-13-8-6-5-7-12(13)2/h5-8H,4,9-11H2,1-3H3,(H,18,21)(H2,17,19,22,23). The molecule has 0 saturated carbocycles. The molecule has 0 unspecified atom stereocenters.